The van der Waals surface area contributed by atoms with Gasteiger partial charge in [-0.05, 0) is 43.1 Å². The number of aryl methyl sites for hydroxylation is 1. The molecule has 0 spiro atoms. The molecule has 6 nitrogen and oxygen atoms in total. The molecule has 0 unspecified atom stereocenters. The average molecular weight is 425 g/mol. The Morgan fingerprint density at radius 3 is 2.63 bits per heavy atom. The number of hydrogen-bond donors (Lipinski definition) is 0. The van der Waals surface area contributed by atoms with Crippen LogP contribution >= 0.6 is 12.4 Å². The summed E-state index contributed by atoms with van der Waals surface area (Å²) in [6, 6.07) is 14.2. The first-order chi connectivity index (χ1) is 14.0. The summed E-state index contributed by atoms with van der Waals surface area (Å²) in [6.45, 7) is 4.47. The molecule has 0 aliphatic carbocycles. The monoisotopic (exact) mass is 424 g/mol. The molecule has 1 aromatic carbocycles. The van der Waals surface area contributed by atoms with Crippen LogP contribution in [0.5, 0.6) is 0 Å². The maximum atomic E-state index is 13.2. The zero-order chi connectivity index (χ0) is 20.1. The molecule has 2 aliphatic heterocycles. The van der Waals surface area contributed by atoms with Crippen LogP contribution in [0.1, 0.15) is 27.5 Å². The second-order valence-electron chi connectivity index (χ2n) is 8.28. The average Bonchev–Trinajstić information content (AvgIpc) is 3.25. The minimum atomic E-state index is -0.301. The molecule has 5 rings (SSSR count). The highest BCUT2D eigenvalue weighted by Gasteiger charge is 2.47. The van der Waals surface area contributed by atoms with Crippen molar-refractivity contribution in [3.8, 4) is 0 Å². The number of nitrogens with zero attached hydrogens (tertiary/aromatic N) is 4. The van der Waals surface area contributed by atoms with Crippen molar-refractivity contribution >= 4 is 24.0 Å². The lowest BCUT2D eigenvalue weighted by atomic mass is 9.88. The van der Waals surface area contributed by atoms with Gasteiger partial charge in [0.25, 0.3) is 11.5 Å². The molecule has 2 aliphatic rings. The lowest BCUT2D eigenvalue weighted by Crippen LogP contribution is -2.37. The Morgan fingerprint density at radius 1 is 1.07 bits per heavy atom. The van der Waals surface area contributed by atoms with Crippen molar-refractivity contribution in [2.45, 2.75) is 13.0 Å². The van der Waals surface area contributed by atoms with E-state index >= 15 is 0 Å². The van der Waals surface area contributed by atoms with Gasteiger partial charge in [-0.15, -0.1) is 12.4 Å². The Morgan fingerprint density at radius 2 is 1.83 bits per heavy atom. The lowest BCUT2D eigenvalue weighted by molar-refractivity contribution is 0.0765. The van der Waals surface area contributed by atoms with Gasteiger partial charge in [0, 0.05) is 44.0 Å². The van der Waals surface area contributed by atoms with Crippen LogP contribution in [-0.2, 0) is 0 Å². The Labute approximate surface area is 181 Å². The van der Waals surface area contributed by atoms with E-state index in [1.807, 2.05) is 11.0 Å². The molecule has 4 heterocycles. The minimum Gasteiger partial charge on any atom is -0.338 e. The minimum absolute atomic E-state index is 0. The van der Waals surface area contributed by atoms with Gasteiger partial charge >= 0.3 is 0 Å². The van der Waals surface area contributed by atoms with Crippen LogP contribution in [0.3, 0.4) is 0 Å². The van der Waals surface area contributed by atoms with E-state index in [4.69, 9.17) is 0 Å². The number of carbonyl (C=O) groups is 1. The largest absolute Gasteiger partial charge is 0.338 e. The van der Waals surface area contributed by atoms with Gasteiger partial charge in [-0.1, -0.05) is 30.3 Å². The van der Waals surface area contributed by atoms with Crippen LogP contribution in [0.2, 0.25) is 0 Å². The fraction of sp³-hybridized carbons (Fsp3) is 0.348. The summed E-state index contributed by atoms with van der Waals surface area (Å²) in [5.74, 6) is 0.590. The number of amides is 1. The van der Waals surface area contributed by atoms with E-state index in [1.54, 1.807) is 18.3 Å². The van der Waals surface area contributed by atoms with E-state index in [0.29, 0.717) is 36.6 Å². The summed E-state index contributed by atoms with van der Waals surface area (Å²) in [6.07, 6.45) is 3.09. The quantitative estimate of drug-likeness (QED) is 0.634. The maximum absolute atomic E-state index is 13.2. The fourth-order valence-corrected chi connectivity index (χ4v) is 5.15. The number of benzene rings is 1. The summed E-state index contributed by atoms with van der Waals surface area (Å²) in [5.41, 5.74) is 3.02. The predicted octanol–water partition coefficient (Wildman–Crippen LogP) is 2.80. The number of halogens is 1. The molecule has 156 valence electrons. The number of rotatable bonds is 2. The van der Waals surface area contributed by atoms with E-state index in [2.05, 4.69) is 48.1 Å². The van der Waals surface area contributed by atoms with Gasteiger partial charge in [0.2, 0.25) is 0 Å². The highest BCUT2D eigenvalue weighted by Crippen LogP contribution is 2.44. The van der Waals surface area contributed by atoms with Gasteiger partial charge in [0.1, 0.15) is 11.2 Å². The molecule has 2 aromatic heterocycles. The van der Waals surface area contributed by atoms with E-state index in [9.17, 15) is 9.59 Å². The van der Waals surface area contributed by atoms with E-state index < -0.39 is 0 Å². The van der Waals surface area contributed by atoms with Crippen molar-refractivity contribution in [2.24, 2.45) is 11.8 Å². The van der Waals surface area contributed by atoms with Crippen molar-refractivity contribution in [2.75, 3.05) is 26.7 Å². The van der Waals surface area contributed by atoms with Gasteiger partial charge in [0.15, 0.2) is 0 Å². The highest BCUT2D eigenvalue weighted by atomic mass is 35.5. The summed E-state index contributed by atoms with van der Waals surface area (Å²) < 4.78 is 1.44. The summed E-state index contributed by atoms with van der Waals surface area (Å²) >= 11 is 0. The molecule has 0 N–H and O–H groups in total. The first-order valence-electron chi connectivity index (χ1n) is 10.1. The summed E-state index contributed by atoms with van der Waals surface area (Å²) in [7, 11) is 2.17. The van der Waals surface area contributed by atoms with Gasteiger partial charge in [-0.25, -0.2) is 4.98 Å². The van der Waals surface area contributed by atoms with Crippen molar-refractivity contribution in [3.63, 3.8) is 0 Å². The summed E-state index contributed by atoms with van der Waals surface area (Å²) in [4.78, 5) is 34.6. The molecule has 2 fully saturated rings. The second-order valence-corrected chi connectivity index (χ2v) is 8.28. The van der Waals surface area contributed by atoms with Gasteiger partial charge < -0.3 is 4.90 Å². The van der Waals surface area contributed by atoms with Crippen LogP contribution in [0.4, 0.5) is 0 Å². The molecule has 30 heavy (non-hydrogen) atoms. The second kappa shape index (κ2) is 7.85. The van der Waals surface area contributed by atoms with Gasteiger partial charge in [-0.2, -0.15) is 0 Å². The Hall–Kier alpha value is -2.70. The molecule has 1 amide bonds. The van der Waals surface area contributed by atoms with E-state index in [1.165, 1.54) is 21.7 Å². The molecule has 0 radical (unpaired) electrons. The smallest absolute Gasteiger partial charge is 0.270 e. The molecule has 2 saturated heterocycles. The Kier molecular flexibility index (Phi) is 5.38. The third-order valence-corrected chi connectivity index (χ3v) is 6.53. The molecule has 0 bridgehead atoms. The summed E-state index contributed by atoms with van der Waals surface area (Å²) in [5, 5.41) is 0. The molecule has 0 saturated carbocycles. The normalized spacial score (nSPS) is 23.4. The number of pyridine rings is 1. The molecule has 7 heteroatoms. The predicted molar refractivity (Wildman–Crippen MR) is 118 cm³/mol. The van der Waals surface area contributed by atoms with E-state index in [0.717, 1.165) is 6.54 Å². The maximum Gasteiger partial charge on any atom is 0.270 e. The molecular formula is C23H25ClN4O2. The Balaban J connectivity index is 0.00000218. The zero-order valence-corrected chi connectivity index (χ0v) is 17.9. The standard InChI is InChI=1S/C23H24N4O2.ClH/c1-15-7-3-4-8-17(15)21-19-14-26(13-16(19)12-25(21)2)22(28)18-11-24-20-9-5-6-10-27(20)23(18)29;/h3-11,16,19,21H,12-14H2,1-2H3;1H/t16-,19+,21+;/m0./s1. The Bertz CT molecular complexity index is 1160. The van der Waals surface area contributed by atoms with Crippen LogP contribution in [0.15, 0.2) is 59.7 Å². The third kappa shape index (κ3) is 3.20. The van der Waals surface area contributed by atoms with Crippen molar-refractivity contribution in [3.05, 3.63) is 81.9 Å². The fourth-order valence-electron chi connectivity index (χ4n) is 5.15. The molecular weight excluding hydrogens is 400 g/mol. The molecule has 3 atom stereocenters. The lowest BCUT2D eigenvalue weighted by Gasteiger charge is -2.28. The van der Waals surface area contributed by atoms with Crippen molar-refractivity contribution in [1.29, 1.82) is 0 Å². The van der Waals surface area contributed by atoms with E-state index in [-0.39, 0.29) is 29.4 Å². The van der Waals surface area contributed by atoms with Gasteiger partial charge in [-0.3, -0.25) is 18.9 Å². The van der Waals surface area contributed by atoms with Crippen molar-refractivity contribution < 1.29 is 4.79 Å². The molecule has 3 aromatic rings. The van der Waals surface area contributed by atoms with Crippen LogP contribution in [0, 0.1) is 18.8 Å². The number of aromatic nitrogens is 2. The highest BCUT2D eigenvalue weighted by molar-refractivity contribution is 5.94. The first kappa shape index (κ1) is 20.6. The number of fused-ring (bicyclic) bond motifs is 2. The van der Waals surface area contributed by atoms with Crippen molar-refractivity contribution in [1.82, 2.24) is 19.2 Å². The number of carbonyl (C=O) groups excluding carboxylic acids is 1. The topological polar surface area (TPSA) is 57.9 Å². The van der Waals surface area contributed by atoms with Crippen LogP contribution in [0.25, 0.3) is 5.65 Å². The van der Waals surface area contributed by atoms with Crippen LogP contribution in [-0.4, -0.2) is 51.8 Å². The number of hydrogen-bond acceptors (Lipinski definition) is 4. The number of likely N-dealkylation sites (tertiary alicyclic amines) is 2. The zero-order valence-electron chi connectivity index (χ0n) is 17.1. The van der Waals surface area contributed by atoms with Crippen LogP contribution < -0.4 is 5.56 Å². The van der Waals surface area contributed by atoms with Gasteiger partial charge in [0.05, 0.1) is 0 Å². The first-order valence-corrected chi connectivity index (χ1v) is 10.1. The third-order valence-electron chi connectivity index (χ3n) is 6.53. The SMILES string of the molecule is Cc1ccccc1[C@@H]1[C@@H]2CN(C(=O)c3cnc4ccccn4c3=O)C[C@@H]2CN1C.Cl.